The van der Waals surface area contributed by atoms with Gasteiger partial charge in [0.05, 0.1) is 5.52 Å². The van der Waals surface area contributed by atoms with Crippen molar-refractivity contribution in [3.8, 4) is 11.6 Å². The van der Waals surface area contributed by atoms with Gasteiger partial charge in [0.25, 0.3) is 0 Å². The number of aromatic nitrogens is 3. The van der Waals surface area contributed by atoms with Gasteiger partial charge in [-0.15, -0.1) is 0 Å². The molecule has 0 unspecified atom stereocenters. The second kappa shape index (κ2) is 5.88. The fraction of sp³-hybridized carbons (Fsp3) is 0.238. The number of hydrogen-bond donors (Lipinski definition) is 1. The van der Waals surface area contributed by atoms with Crippen molar-refractivity contribution in [2.75, 3.05) is 0 Å². The van der Waals surface area contributed by atoms with Crippen molar-refractivity contribution in [1.82, 2.24) is 15.0 Å². The maximum absolute atomic E-state index is 6.09. The zero-order chi connectivity index (χ0) is 16.6. The van der Waals surface area contributed by atoms with Gasteiger partial charge >= 0.3 is 0 Å². The van der Waals surface area contributed by atoms with Gasteiger partial charge in [-0.1, -0.05) is 49.2 Å². The van der Waals surface area contributed by atoms with Crippen molar-refractivity contribution in [3.05, 3.63) is 60.4 Å². The van der Waals surface area contributed by atoms with Gasteiger partial charge in [0.2, 0.25) is 5.88 Å². The van der Waals surface area contributed by atoms with Gasteiger partial charge < -0.3 is 9.72 Å². The monoisotopic (exact) mass is 329 g/mol. The zero-order valence-electron chi connectivity index (χ0n) is 13.9. The third-order valence-corrected chi connectivity index (χ3v) is 5.02. The molecule has 0 atom stereocenters. The summed E-state index contributed by atoms with van der Waals surface area (Å²) in [6.45, 7) is 0. The summed E-state index contributed by atoms with van der Waals surface area (Å²) >= 11 is 0. The Kier molecular flexibility index (Phi) is 3.40. The average molecular weight is 329 g/mol. The molecule has 1 fully saturated rings. The number of ether oxygens (including phenoxy) is 1. The van der Waals surface area contributed by atoms with Crippen molar-refractivity contribution >= 4 is 21.9 Å². The number of hydrogen-bond acceptors (Lipinski definition) is 3. The molecule has 2 aromatic heterocycles. The number of aromatic amines is 1. The highest BCUT2D eigenvalue weighted by Crippen LogP contribution is 2.37. The van der Waals surface area contributed by atoms with E-state index in [9.17, 15) is 0 Å². The van der Waals surface area contributed by atoms with Gasteiger partial charge in [-0.3, -0.25) is 0 Å². The second-order valence-corrected chi connectivity index (χ2v) is 6.68. The minimum absolute atomic E-state index is 0.524. The number of para-hydroxylation sites is 2. The molecule has 0 radical (unpaired) electrons. The van der Waals surface area contributed by atoms with Crippen LogP contribution in [0.25, 0.3) is 21.9 Å². The quantitative estimate of drug-likeness (QED) is 0.535. The lowest BCUT2D eigenvalue weighted by Gasteiger charge is -2.07. The van der Waals surface area contributed by atoms with Crippen LogP contribution in [0.5, 0.6) is 11.6 Å². The van der Waals surface area contributed by atoms with Crippen LogP contribution in [-0.4, -0.2) is 15.0 Å². The molecule has 124 valence electrons. The van der Waals surface area contributed by atoms with Gasteiger partial charge in [-0.05, 0) is 31.0 Å². The van der Waals surface area contributed by atoms with Crippen LogP contribution in [0, 0.1) is 0 Å². The topological polar surface area (TPSA) is 50.8 Å². The van der Waals surface area contributed by atoms with Crippen molar-refractivity contribution < 1.29 is 4.74 Å². The van der Waals surface area contributed by atoms with E-state index in [-0.39, 0.29) is 0 Å². The van der Waals surface area contributed by atoms with Gasteiger partial charge in [0, 0.05) is 11.3 Å². The maximum Gasteiger partial charge on any atom is 0.246 e. The molecule has 1 aliphatic rings. The minimum atomic E-state index is 0.524. The van der Waals surface area contributed by atoms with Crippen LogP contribution in [0.1, 0.15) is 37.4 Å². The summed E-state index contributed by atoms with van der Waals surface area (Å²) in [7, 11) is 0. The summed E-state index contributed by atoms with van der Waals surface area (Å²) in [6.07, 6.45) is 4.99. The van der Waals surface area contributed by atoms with E-state index in [2.05, 4.69) is 11.1 Å². The second-order valence-electron chi connectivity index (χ2n) is 6.68. The molecular formula is C21H19N3O. The molecule has 0 saturated heterocycles. The van der Waals surface area contributed by atoms with Gasteiger partial charge in [-0.2, -0.15) is 0 Å². The Morgan fingerprint density at radius 3 is 2.48 bits per heavy atom. The molecule has 1 N–H and O–H groups in total. The first-order valence-corrected chi connectivity index (χ1v) is 8.90. The average Bonchev–Trinajstić information content (AvgIpc) is 3.32. The van der Waals surface area contributed by atoms with E-state index in [1.165, 1.54) is 25.7 Å². The Morgan fingerprint density at radius 2 is 1.64 bits per heavy atom. The van der Waals surface area contributed by atoms with Gasteiger partial charge in [0.1, 0.15) is 22.6 Å². The first kappa shape index (κ1) is 14.5. The normalized spacial score (nSPS) is 15.2. The Balaban J connectivity index is 1.71. The third kappa shape index (κ3) is 2.54. The number of H-pyrrole nitrogens is 1. The number of benzene rings is 2. The molecule has 2 aromatic carbocycles. The van der Waals surface area contributed by atoms with Crippen molar-refractivity contribution in [3.63, 3.8) is 0 Å². The van der Waals surface area contributed by atoms with Crippen molar-refractivity contribution in [2.24, 2.45) is 0 Å². The number of nitrogens with one attached hydrogen (secondary N) is 1. The van der Waals surface area contributed by atoms with E-state index in [0.29, 0.717) is 11.8 Å². The summed E-state index contributed by atoms with van der Waals surface area (Å²) in [5.74, 6) is 2.97. The SMILES string of the molecule is c1ccc(Oc2nc3ccccc3c3nc(C4CCCC4)[nH]c23)cc1. The lowest BCUT2D eigenvalue weighted by atomic mass is 10.1. The summed E-state index contributed by atoms with van der Waals surface area (Å²) in [4.78, 5) is 13.2. The molecule has 25 heavy (non-hydrogen) atoms. The van der Waals surface area contributed by atoms with Crippen LogP contribution in [0.4, 0.5) is 0 Å². The number of fused-ring (bicyclic) bond motifs is 3. The molecule has 0 bridgehead atoms. The first-order chi connectivity index (χ1) is 12.4. The third-order valence-electron chi connectivity index (χ3n) is 5.02. The standard InChI is InChI=1S/C21H19N3O/c1-2-10-15(11-3-1)25-21-19-18(16-12-6-7-13-17(16)22-21)23-20(24-19)14-8-4-5-9-14/h1-3,6-7,10-14H,4-5,8-9H2,(H,23,24). The van der Waals surface area contributed by atoms with Crippen LogP contribution in [-0.2, 0) is 0 Å². The predicted octanol–water partition coefficient (Wildman–Crippen LogP) is 5.56. The lowest BCUT2D eigenvalue weighted by Crippen LogP contribution is -1.94. The lowest BCUT2D eigenvalue weighted by molar-refractivity contribution is 0.470. The molecule has 0 aliphatic heterocycles. The zero-order valence-corrected chi connectivity index (χ0v) is 13.9. The predicted molar refractivity (Wildman–Crippen MR) is 99.1 cm³/mol. The number of rotatable bonds is 3. The van der Waals surface area contributed by atoms with E-state index >= 15 is 0 Å². The molecule has 4 nitrogen and oxygen atoms in total. The fourth-order valence-corrected chi connectivity index (χ4v) is 3.74. The summed E-state index contributed by atoms with van der Waals surface area (Å²) in [6, 6.07) is 17.9. The van der Waals surface area contributed by atoms with E-state index in [1.807, 2.05) is 48.5 Å². The number of pyridine rings is 1. The van der Waals surface area contributed by atoms with E-state index in [4.69, 9.17) is 14.7 Å². The maximum atomic E-state index is 6.09. The number of imidazole rings is 1. The number of nitrogens with zero attached hydrogens (tertiary/aromatic N) is 2. The summed E-state index contributed by atoms with van der Waals surface area (Å²) in [5, 5.41) is 1.07. The smallest absolute Gasteiger partial charge is 0.246 e. The molecule has 4 heteroatoms. The van der Waals surface area contributed by atoms with E-state index < -0.39 is 0 Å². The molecule has 2 heterocycles. The summed E-state index contributed by atoms with van der Waals surface area (Å²) in [5.41, 5.74) is 2.76. The van der Waals surface area contributed by atoms with Crippen LogP contribution in [0.2, 0.25) is 0 Å². The molecule has 1 saturated carbocycles. The highest BCUT2D eigenvalue weighted by atomic mass is 16.5. The molecule has 1 aliphatic carbocycles. The Morgan fingerprint density at radius 1 is 0.880 bits per heavy atom. The fourth-order valence-electron chi connectivity index (χ4n) is 3.74. The largest absolute Gasteiger partial charge is 0.437 e. The van der Waals surface area contributed by atoms with Crippen molar-refractivity contribution in [2.45, 2.75) is 31.6 Å². The van der Waals surface area contributed by atoms with Gasteiger partial charge in [-0.25, -0.2) is 9.97 Å². The first-order valence-electron chi connectivity index (χ1n) is 8.90. The molecular weight excluding hydrogens is 310 g/mol. The van der Waals surface area contributed by atoms with Gasteiger partial charge in [0.15, 0.2) is 0 Å². The van der Waals surface area contributed by atoms with Crippen LogP contribution >= 0.6 is 0 Å². The Labute approximate surface area is 145 Å². The minimum Gasteiger partial charge on any atom is -0.437 e. The van der Waals surface area contributed by atoms with E-state index in [1.54, 1.807) is 0 Å². The van der Waals surface area contributed by atoms with Crippen LogP contribution in [0.15, 0.2) is 54.6 Å². The highest BCUT2D eigenvalue weighted by Gasteiger charge is 2.23. The molecule has 0 amide bonds. The molecule has 4 aromatic rings. The van der Waals surface area contributed by atoms with E-state index in [0.717, 1.165) is 33.5 Å². The summed E-state index contributed by atoms with van der Waals surface area (Å²) < 4.78 is 6.09. The Hall–Kier alpha value is -2.88. The molecule has 0 spiro atoms. The Bertz CT molecular complexity index is 1030. The molecule has 5 rings (SSSR count). The van der Waals surface area contributed by atoms with Crippen LogP contribution < -0.4 is 4.74 Å². The highest BCUT2D eigenvalue weighted by molar-refractivity contribution is 6.04. The van der Waals surface area contributed by atoms with Crippen LogP contribution in [0.3, 0.4) is 0 Å². The van der Waals surface area contributed by atoms with Crippen molar-refractivity contribution in [1.29, 1.82) is 0 Å².